The van der Waals surface area contributed by atoms with E-state index in [2.05, 4.69) is 11.1 Å². The first-order valence-electron chi connectivity index (χ1n) is 7.36. The van der Waals surface area contributed by atoms with Crippen molar-refractivity contribution in [3.05, 3.63) is 58.9 Å². The highest BCUT2D eigenvalue weighted by Crippen LogP contribution is 2.25. The van der Waals surface area contributed by atoms with Crippen molar-refractivity contribution in [1.29, 1.82) is 5.26 Å². The van der Waals surface area contributed by atoms with Gasteiger partial charge in [-0.15, -0.1) is 0 Å². The number of hydrogen-bond donors (Lipinski definition) is 0. The Labute approximate surface area is 143 Å². The summed E-state index contributed by atoms with van der Waals surface area (Å²) in [4.78, 5) is 17.6. The Balaban J connectivity index is 2.26. The predicted molar refractivity (Wildman–Crippen MR) is 94.8 cm³/mol. The van der Waals surface area contributed by atoms with E-state index in [-0.39, 0.29) is 10.8 Å². The first-order valence-corrected chi connectivity index (χ1v) is 8.24. The molecule has 0 fully saturated rings. The van der Waals surface area contributed by atoms with E-state index in [0.717, 1.165) is 0 Å². The number of hydrogen-bond acceptors (Lipinski definition) is 5. The molecule has 3 rings (SSSR count). The number of benzene rings is 2. The Morgan fingerprint density at radius 3 is 2.58 bits per heavy atom. The van der Waals surface area contributed by atoms with Crippen LogP contribution in [0.15, 0.2) is 58.5 Å². The van der Waals surface area contributed by atoms with Crippen molar-refractivity contribution in [3.8, 4) is 17.5 Å². The van der Waals surface area contributed by atoms with E-state index < -0.39 is 0 Å². The standard InChI is InChI=1S/C18H15N3O2S/c1-12(11-19)24-18-20-16-6-4-3-5-15(16)17(22)21(18)13-7-9-14(23-2)10-8-13/h3-10,12H,1-2H3/t12-/m0/s1. The van der Waals surface area contributed by atoms with Crippen molar-refractivity contribution in [2.24, 2.45) is 0 Å². The average molecular weight is 337 g/mol. The lowest BCUT2D eigenvalue weighted by molar-refractivity contribution is 0.414. The van der Waals surface area contributed by atoms with Crippen LogP contribution >= 0.6 is 11.8 Å². The molecule has 1 aromatic heterocycles. The second-order valence-corrected chi connectivity index (χ2v) is 6.45. The molecule has 0 unspecified atom stereocenters. The molecule has 0 saturated heterocycles. The van der Waals surface area contributed by atoms with E-state index in [1.54, 1.807) is 55.0 Å². The van der Waals surface area contributed by atoms with Crippen LogP contribution in [0, 0.1) is 11.3 Å². The molecule has 0 aliphatic heterocycles. The minimum atomic E-state index is -0.317. The molecular formula is C18H15N3O2S. The zero-order valence-corrected chi connectivity index (χ0v) is 14.1. The van der Waals surface area contributed by atoms with Crippen LogP contribution < -0.4 is 10.3 Å². The third-order valence-electron chi connectivity index (χ3n) is 3.54. The Morgan fingerprint density at radius 2 is 1.92 bits per heavy atom. The van der Waals surface area contributed by atoms with E-state index in [1.165, 1.54) is 11.8 Å². The Hall–Kier alpha value is -2.78. The molecule has 0 amide bonds. The Kier molecular flexibility index (Phi) is 4.54. The number of fused-ring (bicyclic) bond motifs is 1. The van der Waals surface area contributed by atoms with Gasteiger partial charge in [0.1, 0.15) is 5.75 Å². The number of nitrogens with zero attached hydrogens (tertiary/aromatic N) is 3. The maximum absolute atomic E-state index is 13.0. The van der Waals surface area contributed by atoms with Crippen LogP contribution in [0.3, 0.4) is 0 Å². The fraction of sp³-hybridized carbons (Fsp3) is 0.167. The van der Waals surface area contributed by atoms with Crippen molar-refractivity contribution < 1.29 is 4.74 Å². The van der Waals surface area contributed by atoms with Crippen LogP contribution in [-0.2, 0) is 0 Å². The van der Waals surface area contributed by atoms with Gasteiger partial charge < -0.3 is 4.74 Å². The number of ether oxygens (including phenoxy) is 1. The summed E-state index contributed by atoms with van der Waals surface area (Å²) in [5.74, 6) is 0.708. The fourth-order valence-electron chi connectivity index (χ4n) is 2.33. The zero-order chi connectivity index (χ0) is 17.1. The molecule has 1 atom stereocenters. The lowest BCUT2D eigenvalue weighted by Gasteiger charge is -2.14. The largest absolute Gasteiger partial charge is 0.497 e. The number of thioether (sulfide) groups is 1. The lowest BCUT2D eigenvalue weighted by Crippen LogP contribution is -2.22. The summed E-state index contributed by atoms with van der Waals surface area (Å²) in [5, 5.41) is 9.83. The molecule has 3 aromatic rings. The van der Waals surface area contributed by atoms with Gasteiger partial charge in [0.25, 0.3) is 5.56 Å². The van der Waals surface area contributed by atoms with Crippen LogP contribution in [0.2, 0.25) is 0 Å². The van der Waals surface area contributed by atoms with Crippen molar-refractivity contribution in [2.75, 3.05) is 7.11 Å². The molecule has 0 spiro atoms. The van der Waals surface area contributed by atoms with Gasteiger partial charge >= 0.3 is 0 Å². The van der Waals surface area contributed by atoms with Gasteiger partial charge in [0, 0.05) is 0 Å². The van der Waals surface area contributed by atoms with Gasteiger partial charge in [-0.25, -0.2) is 4.98 Å². The molecule has 0 aliphatic carbocycles. The number of para-hydroxylation sites is 1. The number of aromatic nitrogens is 2. The molecule has 1 heterocycles. The third-order valence-corrected chi connectivity index (χ3v) is 4.48. The molecule has 6 heteroatoms. The molecule has 24 heavy (non-hydrogen) atoms. The Bertz CT molecular complexity index is 974. The minimum absolute atomic E-state index is 0.154. The molecule has 0 aliphatic rings. The van der Waals surface area contributed by atoms with Crippen molar-refractivity contribution in [2.45, 2.75) is 17.3 Å². The SMILES string of the molecule is COc1ccc(-n2c(S[C@@H](C)C#N)nc3ccccc3c2=O)cc1. The number of methoxy groups -OCH3 is 1. The topological polar surface area (TPSA) is 67.9 Å². The van der Waals surface area contributed by atoms with Crippen LogP contribution in [0.4, 0.5) is 0 Å². The van der Waals surface area contributed by atoms with Crippen LogP contribution in [0.5, 0.6) is 5.75 Å². The van der Waals surface area contributed by atoms with Crippen molar-refractivity contribution in [3.63, 3.8) is 0 Å². The summed E-state index contributed by atoms with van der Waals surface area (Å²) in [5.41, 5.74) is 1.16. The second-order valence-electron chi connectivity index (χ2n) is 5.14. The summed E-state index contributed by atoms with van der Waals surface area (Å²) in [7, 11) is 1.59. The van der Waals surface area contributed by atoms with E-state index in [9.17, 15) is 4.79 Å². The normalized spacial score (nSPS) is 11.9. The quantitative estimate of drug-likeness (QED) is 0.539. The molecular weight excluding hydrogens is 322 g/mol. The second kappa shape index (κ2) is 6.77. The first-order chi connectivity index (χ1) is 11.6. The third kappa shape index (κ3) is 2.99. The first kappa shape index (κ1) is 16.1. The summed E-state index contributed by atoms with van der Waals surface area (Å²) >= 11 is 1.26. The van der Waals surface area contributed by atoms with Gasteiger partial charge in [-0.3, -0.25) is 9.36 Å². The smallest absolute Gasteiger partial charge is 0.266 e. The average Bonchev–Trinajstić information content (AvgIpc) is 2.62. The van der Waals surface area contributed by atoms with Gasteiger partial charge in [0.15, 0.2) is 5.16 Å². The van der Waals surface area contributed by atoms with Gasteiger partial charge in [-0.2, -0.15) is 5.26 Å². The highest BCUT2D eigenvalue weighted by atomic mass is 32.2. The van der Waals surface area contributed by atoms with Gasteiger partial charge in [-0.1, -0.05) is 23.9 Å². The molecule has 5 nitrogen and oxygen atoms in total. The van der Waals surface area contributed by atoms with Crippen LogP contribution in [0.1, 0.15) is 6.92 Å². The Morgan fingerprint density at radius 1 is 1.21 bits per heavy atom. The van der Waals surface area contributed by atoms with E-state index in [4.69, 9.17) is 10.00 Å². The highest BCUT2D eigenvalue weighted by molar-refractivity contribution is 8.00. The van der Waals surface area contributed by atoms with Gasteiger partial charge in [0.05, 0.1) is 35.0 Å². The summed E-state index contributed by atoms with van der Waals surface area (Å²) < 4.78 is 6.71. The minimum Gasteiger partial charge on any atom is -0.497 e. The summed E-state index contributed by atoms with van der Waals surface area (Å²) in [6.07, 6.45) is 0. The molecule has 0 bridgehead atoms. The fourth-order valence-corrected chi connectivity index (χ4v) is 3.15. The lowest BCUT2D eigenvalue weighted by atomic mass is 10.2. The van der Waals surface area contributed by atoms with Crippen molar-refractivity contribution >= 4 is 22.7 Å². The van der Waals surface area contributed by atoms with E-state index in [1.807, 2.05) is 12.1 Å². The number of rotatable bonds is 4. The molecule has 0 saturated carbocycles. The maximum atomic E-state index is 13.0. The molecule has 0 N–H and O–H groups in total. The van der Waals surface area contributed by atoms with Gasteiger partial charge in [0.2, 0.25) is 0 Å². The summed E-state index contributed by atoms with van der Waals surface area (Å²) in [6.45, 7) is 1.78. The highest BCUT2D eigenvalue weighted by Gasteiger charge is 2.15. The summed E-state index contributed by atoms with van der Waals surface area (Å²) in [6, 6.07) is 16.6. The predicted octanol–water partition coefficient (Wildman–Crippen LogP) is 3.40. The van der Waals surface area contributed by atoms with Crippen molar-refractivity contribution in [1.82, 2.24) is 9.55 Å². The molecule has 120 valence electrons. The molecule has 2 aromatic carbocycles. The van der Waals surface area contributed by atoms with Gasteiger partial charge in [-0.05, 0) is 43.3 Å². The zero-order valence-electron chi connectivity index (χ0n) is 13.3. The maximum Gasteiger partial charge on any atom is 0.266 e. The van der Waals surface area contributed by atoms with E-state index in [0.29, 0.717) is 27.5 Å². The van der Waals surface area contributed by atoms with E-state index >= 15 is 0 Å². The molecule has 0 radical (unpaired) electrons. The van der Waals surface area contributed by atoms with Crippen LogP contribution in [0.25, 0.3) is 16.6 Å². The number of nitriles is 1. The monoisotopic (exact) mass is 337 g/mol. The van der Waals surface area contributed by atoms with Crippen LogP contribution in [-0.4, -0.2) is 21.9 Å².